The summed E-state index contributed by atoms with van der Waals surface area (Å²) in [5, 5.41) is 8.00. The van der Waals surface area contributed by atoms with Gasteiger partial charge in [-0.15, -0.1) is 0 Å². The molecule has 0 radical (unpaired) electrons. The quantitative estimate of drug-likeness (QED) is 0.747. The van der Waals surface area contributed by atoms with Crippen molar-refractivity contribution >= 4 is 0 Å². The molecule has 0 aliphatic carbocycles. The number of rotatable bonds is 9. The van der Waals surface area contributed by atoms with E-state index in [2.05, 4.69) is 54.7 Å². The Balaban J connectivity index is 2.63. The van der Waals surface area contributed by atoms with Crippen molar-refractivity contribution < 1.29 is 0 Å². The van der Waals surface area contributed by atoms with E-state index >= 15 is 0 Å². The van der Waals surface area contributed by atoms with Crippen LogP contribution in [0.1, 0.15) is 59.7 Å². The Bertz CT molecular complexity index is 344. The SMILES string of the molecule is CCCCC(Cc1ncnn1CC(C)C)NC(C)C. The molecule has 1 N–H and O–H groups in total. The summed E-state index contributed by atoms with van der Waals surface area (Å²) in [7, 11) is 0. The first-order chi connectivity index (χ1) is 9.02. The van der Waals surface area contributed by atoms with Crippen molar-refractivity contribution in [1.82, 2.24) is 20.1 Å². The van der Waals surface area contributed by atoms with Crippen molar-refractivity contribution in [2.24, 2.45) is 5.92 Å². The Labute approximate surface area is 118 Å². The first kappa shape index (κ1) is 16.2. The van der Waals surface area contributed by atoms with Gasteiger partial charge in [-0.3, -0.25) is 0 Å². The van der Waals surface area contributed by atoms with Gasteiger partial charge >= 0.3 is 0 Å². The summed E-state index contributed by atoms with van der Waals surface area (Å²) in [6, 6.07) is 1.03. The molecule has 4 heteroatoms. The van der Waals surface area contributed by atoms with Crippen molar-refractivity contribution in [1.29, 1.82) is 0 Å². The lowest BCUT2D eigenvalue weighted by atomic mass is 10.1. The summed E-state index contributed by atoms with van der Waals surface area (Å²) in [6.45, 7) is 12.0. The molecule has 0 aliphatic rings. The zero-order chi connectivity index (χ0) is 14.3. The van der Waals surface area contributed by atoms with E-state index in [0.29, 0.717) is 18.0 Å². The van der Waals surface area contributed by atoms with Gasteiger partial charge in [-0.2, -0.15) is 5.10 Å². The van der Waals surface area contributed by atoms with Crippen molar-refractivity contribution in [2.75, 3.05) is 0 Å². The first-order valence-electron chi connectivity index (χ1n) is 7.65. The summed E-state index contributed by atoms with van der Waals surface area (Å²) < 4.78 is 2.06. The fourth-order valence-corrected chi connectivity index (χ4v) is 2.33. The first-order valence-corrected chi connectivity index (χ1v) is 7.65. The third-order valence-electron chi connectivity index (χ3n) is 3.14. The molecule has 1 aromatic rings. The molecule has 1 rings (SSSR count). The van der Waals surface area contributed by atoms with Crippen LogP contribution in [-0.2, 0) is 13.0 Å². The Morgan fingerprint density at radius 1 is 1.26 bits per heavy atom. The fraction of sp³-hybridized carbons (Fsp3) is 0.867. The predicted molar refractivity (Wildman–Crippen MR) is 80.1 cm³/mol. The van der Waals surface area contributed by atoms with Crippen LogP contribution in [0.4, 0.5) is 0 Å². The Kier molecular flexibility index (Phi) is 7.06. The lowest BCUT2D eigenvalue weighted by Gasteiger charge is -2.21. The van der Waals surface area contributed by atoms with Gasteiger partial charge < -0.3 is 5.32 Å². The Hall–Kier alpha value is -0.900. The van der Waals surface area contributed by atoms with Gasteiger partial charge in [0.2, 0.25) is 0 Å². The second kappa shape index (κ2) is 8.31. The highest BCUT2D eigenvalue weighted by Crippen LogP contribution is 2.09. The molecule has 0 amide bonds. The molecule has 0 fully saturated rings. The summed E-state index contributed by atoms with van der Waals surface area (Å²) >= 11 is 0. The minimum absolute atomic E-state index is 0.509. The van der Waals surface area contributed by atoms with Crippen LogP contribution in [0.25, 0.3) is 0 Å². The van der Waals surface area contributed by atoms with E-state index < -0.39 is 0 Å². The monoisotopic (exact) mass is 266 g/mol. The van der Waals surface area contributed by atoms with Crippen LogP contribution in [0.3, 0.4) is 0 Å². The highest BCUT2D eigenvalue weighted by Gasteiger charge is 2.14. The molecule has 0 bridgehead atoms. The molecule has 1 aromatic heterocycles. The van der Waals surface area contributed by atoms with Crippen LogP contribution >= 0.6 is 0 Å². The van der Waals surface area contributed by atoms with Crippen LogP contribution in [-0.4, -0.2) is 26.8 Å². The summed E-state index contributed by atoms with van der Waals surface area (Å²) in [4.78, 5) is 4.44. The van der Waals surface area contributed by atoms with Crippen LogP contribution in [0.5, 0.6) is 0 Å². The van der Waals surface area contributed by atoms with E-state index in [1.165, 1.54) is 19.3 Å². The number of hydrogen-bond acceptors (Lipinski definition) is 3. The standard InChI is InChI=1S/C15H30N4/c1-6-7-8-14(18-13(4)5)9-15-16-11-17-19(15)10-12(2)3/h11-14,18H,6-10H2,1-5H3. The molecule has 110 valence electrons. The topological polar surface area (TPSA) is 42.7 Å². The van der Waals surface area contributed by atoms with Crippen LogP contribution in [0.15, 0.2) is 6.33 Å². The molecular weight excluding hydrogens is 236 g/mol. The second-order valence-electron chi connectivity index (χ2n) is 6.12. The molecule has 19 heavy (non-hydrogen) atoms. The highest BCUT2D eigenvalue weighted by molar-refractivity contribution is 4.90. The molecule has 0 spiro atoms. The van der Waals surface area contributed by atoms with E-state index in [4.69, 9.17) is 0 Å². The van der Waals surface area contributed by atoms with Crippen molar-refractivity contribution in [3.63, 3.8) is 0 Å². The third-order valence-corrected chi connectivity index (χ3v) is 3.14. The lowest BCUT2D eigenvalue weighted by Crippen LogP contribution is -2.37. The average molecular weight is 266 g/mol. The van der Waals surface area contributed by atoms with Crippen LogP contribution in [0.2, 0.25) is 0 Å². The number of unbranched alkanes of at least 4 members (excludes halogenated alkanes) is 1. The number of nitrogens with one attached hydrogen (secondary N) is 1. The second-order valence-corrected chi connectivity index (χ2v) is 6.12. The van der Waals surface area contributed by atoms with Gasteiger partial charge in [0.15, 0.2) is 0 Å². The summed E-state index contributed by atoms with van der Waals surface area (Å²) in [6.07, 6.45) is 6.38. The summed E-state index contributed by atoms with van der Waals surface area (Å²) in [5.74, 6) is 1.72. The van der Waals surface area contributed by atoms with E-state index in [0.717, 1.165) is 18.8 Å². The van der Waals surface area contributed by atoms with Gasteiger partial charge in [0.1, 0.15) is 12.2 Å². The molecule has 0 aromatic carbocycles. The maximum Gasteiger partial charge on any atom is 0.138 e. The predicted octanol–water partition coefficient (Wildman–Crippen LogP) is 3.03. The molecule has 0 saturated heterocycles. The third kappa shape index (κ3) is 6.19. The molecule has 4 nitrogen and oxygen atoms in total. The van der Waals surface area contributed by atoms with Crippen LogP contribution < -0.4 is 5.32 Å². The Morgan fingerprint density at radius 3 is 2.58 bits per heavy atom. The van der Waals surface area contributed by atoms with E-state index in [9.17, 15) is 0 Å². The van der Waals surface area contributed by atoms with Crippen molar-refractivity contribution in [2.45, 2.75) is 78.9 Å². The van der Waals surface area contributed by atoms with Gasteiger partial charge in [-0.05, 0) is 12.3 Å². The lowest BCUT2D eigenvalue weighted by molar-refractivity contribution is 0.399. The molecular formula is C15H30N4. The number of hydrogen-bond donors (Lipinski definition) is 1. The van der Waals surface area contributed by atoms with Gasteiger partial charge in [0.05, 0.1) is 0 Å². The van der Waals surface area contributed by atoms with E-state index in [1.54, 1.807) is 6.33 Å². The maximum atomic E-state index is 4.44. The van der Waals surface area contributed by atoms with Crippen molar-refractivity contribution in [3.05, 3.63) is 12.2 Å². The normalized spacial score (nSPS) is 13.4. The zero-order valence-electron chi connectivity index (χ0n) is 13.2. The highest BCUT2D eigenvalue weighted by atomic mass is 15.3. The zero-order valence-corrected chi connectivity index (χ0v) is 13.2. The molecule has 1 unspecified atom stereocenters. The minimum atomic E-state index is 0.509. The number of aromatic nitrogens is 3. The molecule has 1 heterocycles. The molecule has 0 saturated carbocycles. The fourth-order valence-electron chi connectivity index (χ4n) is 2.33. The van der Waals surface area contributed by atoms with Gasteiger partial charge in [0, 0.05) is 25.0 Å². The van der Waals surface area contributed by atoms with E-state index in [-0.39, 0.29) is 0 Å². The van der Waals surface area contributed by atoms with Crippen molar-refractivity contribution in [3.8, 4) is 0 Å². The average Bonchev–Trinajstić information content (AvgIpc) is 2.72. The van der Waals surface area contributed by atoms with E-state index in [1.807, 2.05) is 0 Å². The minimum Gasteiger partial charge on any atom is -0.311 e. The molecule has 0 aliphatic heterocycles. The summed E-state index contributed by atoms with van der Waals surface area (Å²) in [5.41, 5.74) is 0. The number of nitrogens with zero attached hydrogens (tertiary/aromatic N) is 3. The van der Waals surface area contributed by atoms with Gasteiger partial charge in [-0.25, -0.2) is 9.67 Å². The Morgan fingerprint density at radius 2 is 2.00 bits per heavy atom. The maximum absolute atomic E-state index is 4.44. The van der Waals surface area contributed by atoms with Crippen LogP contribution in [0, 0.1) is 5.92 Å². The largest absolute Gasteiger partial charge is 0.311 e. The molecule has 1 atom stereocenters. The van der Waals surface area contributed by atoms with Gasteiger partial charge in [-0.1, -0.05) is 47.5 Å². The van der Waals surface area contributed by atoms with Gasteiger partial charge in [0.25, 0.3) is 0 Å². The smallest absolute Gasteiger partial charge is 0.138 e.